The van der Waals surface area contributed by atoms with Crippen LogP contribution >= 0.6 is 0 Å². The van der Waals surface area contributed by atoms with Crippen molar-refractivity contribution in [2.75, 3.05) is 11.9 Å². The van der Waals surface area contributed by atoms with Gasteiger partial charge in [0.2, 0.25) is 0 Å². The van der Waals surface area contributed by atoms with Gasteiger partial charge in [-0.05, 0) is 37.6 Å². The molecule has 0 aromatic heterocycles. The molecule has 0 saturated carbocycles. The Morgan fingerprint density at radius 2 is 2.40 bits per heavy atom. The van der Waals surface area contributed by atoms with Crippen LogP contribution in [0.25, 0.3) is 0 Å². The van der Waals surface area contributed by atoms with Crippen LogP contribution in [0.5, 0.6) is 0 Å². The van der Waals surface area contributed by atoms with E-state index in [1.807, 2.05) is 0 Å². The second-order valence-electron chi connectivity index (χ2n) is 3.80. The molecule has 1 saturated heterocycles. The Labute approximate surface area is 88.3 Å². The Hall–Kier alpha value is -1.13. The number of rotatable bonds is 3. The maximum Gasteiger partial charge on any atom is 0.139 e. The number of hydrogen-bond acceptors (Lipinski definition) is 3. The largest absolute Gasteiger partial charge is 0.372 e. The highest BCUT2D eigenvalue weighted by molar-refractivity contribution is 5.43. The standard InChI is InChI=1S/C11H15FN2O/c12-8-3-1-4-9(7-8)14-11(15)10-5-2-6-13-10/h1,3-4,7,10-11,13-15H,2,5-6H2/t10-,11?/m0/s1. The van der Waals surface area contributed by atoms with E-state index in [4.69, 9.17) is 0 Å². The lowest BCUT2D eigenvalue weighted by Gasteiger charge is -2.20. The third kappa shape index (κ3) is 2.67. The molecule has 2 rings (SSSR count). The van der Waals surface area contributed by atoms with E-state index in [0.29, 0.717) is 5.69 Å². The van der Waals surface area contributed by atoms with E-state index in [9.17, 15) is 9.50 Å². The summed E-state index contributed by atoms with van der Waals surface area (Å²) in [4.78, 5) is 0. The number of benzene rings is 1. The van der Waals surface area contributed by atoms with E-state index in [1.165, 1.54) is 12.1 Å². The Balaban J connectivity index is 1.95. The zero-order valence-electron chi connectivity index (χ0n) is 8.41. The van der Waals surface area contributed by atoms with Crippen molar-refractivity contribution in [3.63, 3.8) is 0 Å². The minimum Gasteiger partial charge on any atom is -0.372 e. The fourth-order valence-corrected chi connectivity index (χ4v) is 1.83. The van der Waals surface area contributed by atoms with Gasteiger partial charge in [-0.3, -0.25) is 0 Å². The van der Waals surface area contributed by atoms with Crippen molar-refractivity contribution in [2.24, 2.45) is 0 Å². The van der Waals surface area contributed by atoms with Crippen molar-refractivity contribution in [1.29, 1.82) is 0 Å². The maximum atomic E-state index is 12.9. The Bertz CT molecular complexity index is 326. The van der Waals surface area contributed by atoms with Gasteiger partial charge >= 0.3 is 0 Å². The minimum absolute atomic E-state index is 0.0632. The first kappa shape index (κ1) is 10.4. The third-order valence-corrected chi connectivity index (χ3v) is 2.62. The summed E-state index contributed by atoms with van der Waals surface area (Å²) in [5.74, 6) is -0.299. The van der Waals surface area contributed by atoms with E-state index in [-0.39, 0.29) is 11.9 Å². The van der Waals surface area contributed by atoms with Crippen LogP contribution in [-0.4, -0.2) is 23.9 Å². The molecule has 1 unspecified atom stereocenters. The summed E-state index contributed by atoms with van der Waals surface area (Å²) in [6.45, 7) is 0.937. The van der Waals surface area contributed by atoms with Crippen LogP contribution in [0.3, 0.4) is 0 Å². The smallest absolute Gasteiger partial charge is 0.139 e. The van der Waals surface area contributed by atoms with Crippen molar-refractivity contribution in [2.45, 2.75) is 25.1 Å². The highest BCUT2D eigenvalue weighted by Crippen LogP contribution is 2.14. The normalized spacial score (nSPS) is 22.7. The summed E-state index contributed by atoms with van der Waals surface area (Å²) >= 11 is 0. The molecule has 2 atom stereocenters. The van der Waals surface area contributed by atoms with Gasteiger partial charge in [0.15, 0.2) is 0 Å². The van der Waals surface area contributed by atoms with E-state index < -0.39 is 6.23 Å². The fraction of sp³-hybridized carbons (Fsp3) is 0.455. The first-order valence-corrected chi connectivity index (χ1v) is 5.19. The lowest BCUT2D eigenvalue weighted by Crippen LogP contribution is -2.39. The topological polar surface area (TPSA) is 44.3 Å². The molecular weight excluding hydrogens is 195 g/mol. The van der Waals surface area contributed by atoms with Crippen molar-refractivity contribution >= 4 is 5.69 Å². The molecule has 15 heavy (non-hydrogen) atoms. The van der Waals surface area contributed by atoms with E-state index in [2.05, 4.69) is 10.6 Å². The summed E-state index contributed by atoms with van der Waals surface area (Å²) in [5, 5.41) is 15.9. The molecule has 0 radical (unpaired) electrons. The highest BCUT2D eigenvalue weighted by atomic mass is 19.1. The van der Waals surface area contributed by atoms with Crippen LogP contribution in [0.2, 0.25) is 0 Å². The average Bonchev–Trinajstić information content (AvgIpc) is 2.70. The van der Waals surface area contributed by atoms with E-state index >= 15 is 0 Å². The van der Waals surface area contributed by atoms with Crippen molar-refractivity contribution < 1.29 is 9.50 Å². The predicted octanol–water partition coefficient (Wildman–Crippen LogP) is 1.31. The molecular formula is C11H15FN2O. The molecule has 0 bridgehead atoms. The summed E-state index contributed by atoms with van der Waals surface area (Å²) < 4.78 is 12.9. The van der Waals surface area contributed by atoms with Gasteiger partial charge in [-0.15, -0.1) is 0 Å². The van der Waals surface area contributed by atoms with Gasteiger partial charge in [0.1, 0.15) is 12.0 Å². The van der Waals surface area contributed by atoms with Crippen molar-refractivity contribution in [1.82, 2.24) is 5.32 Å². The molecule has 1 aromatic carbocycles. The highest BCUT2D eigenvalue weighted by Gasteiger charge is 2.22. The number of aliphatic hydroxyl groups excluding tert-OH is 1. The van der Waals surface area contributed by atoms with E-state index in [1.54, 1.807) is 12.1 Å². The minimum atomic E-state index is -0.658. The quantitative estimate of drug-likeness (QED) is 0.659. The van der Waals surface area contributed by atoms with Gasteiger partial charge in [-0.1, -0.05) is 6.07 Å². The molecule has 1 aliphatic heterocycles. The van der Waals surface area contributed by atoms with Gasteiger partial charge in [0.25, 0.3) is 0 Å². The predicted molar refractivity (Wildman–Crippen MR) is 57.1 cm³/mol. The molecule has 1 fully saturated rings. The molecule has 82 valence electrons. The number of aliphatic hydroxyl groups is 1. The molecule has 1 aromatic rings. The van der Waals surface area contributed by atoms with Gasteiger partial charge < -0.3 is 15.7 Å². The maximum absolute atomic E-state index is 12.9. The number of nitrogens with one attached hydrogen (secondary N) is 2. The Morgan fingerprint density at radius 1 is 1.53 bits per heavy atom. The third-order valence-electron chi connectivity index (χ3n) is 2.62. The monoisotopic (exact) mass is 210 g/mol. The Morgan fingerprint density at radius 3 is 3.07 bits per heavy atom. The average molecular weight is 210 g/mol. The molecule has 4 heteroatoms. The summed E-state index contributed by atoms with van der Waals surface area (Å²) in [6.07, 6.45) is 1.37. The second kappa shape index (κ2) is 4.59. The number of halogens is 1. The van der Waals surface area contributed by atoms with E-state index in [0.717, 1.165) is 19.4 Å². The van der Waals surface area contributed by atoms with Crippen LogP contribution in [0.1, 0.15) is 12.8 Å². The van der Waals surface area contributed by atoms with Crippen LogP contribution < -0.4 is 10.6 Å². The molecule has 3 nitrogen and oxygen atoms in total. The SMILES string of the molecule is OC(Nc1cccc(F)c1)[C@@H]1CCCN1. The molecule has 1 aliphatic rings. The van der Waals surface area contributed by atoms with Crippen molar-refractivity contribution in [3.05, 3.63) is 30.1 Å². The number of hydrogen-bond donors (Lipinski definition) is 3. The first-order valence-electron chi connectivity index (χ1n) is 5.19. The van der Waals surface area contributed by atoms with Crippen LogP contribution in [0.15, 0.2) is 24.3 Å². The molecule has 0 spiro atoms. The fourth-order valence-electron chi connectivity index (χ4n) is 1.83. The Kier molecular flexibility index (Phi) is 3.18. The lowest BCUT2D eigenvalue weighted by molar-refractivity contribution is 0.163. The van der Waals surface area contributed by atoms with Gasteiger partial charge in [0.05, 0.1) is 6.04 Å². The van der Waals surface area contributed by atoms with Gasteiger partial charge in [0, 0.05) is 5.69 Å². The zero-order valence-corrected chi connectivity index (χ0v) is 8.41. The molecule has 0 aliphatic carbocycles. The van der Waals surface area contributed by atoms with Gasteiger partial charge in [-0.25, -0.2) is 4.39 Å². The molecule has 0 amide bonds. The van der Waals surface area contributed by atoms with Crippen LogP contribution in [0.4, 0.5) is 10.1 Å². The summed E-state index contributed by atoms with van der Waals surface area (Å²) in [7, 11) is 0. The van der Waals surface area contributed by atoms with Gasteiger partial charge in [-0.2, -0.15) is 0 Å². The van der Waals surface area contributed by atoms with Crippen LogP contribution in [0, 0.1) is 5.82 Å². The summed E-state index contributed by atoms with van der Waals surface area (Å²) in [5.41, 5.74) is 0.608. The lowest BCUT2D eigenvalue weighted by atomic mass is 10.2. The first-order chi connectivity index (χ1) is 7.25. The van der Waals surface area contributed by atoms with Crippen LogP contribution in [-0.2, 0) is 0 Å². The molecule has 1 heterocycles. The summed E-state index contributed by atoms with van der Waals surface area (Å²) in [6, 6.07) is 6.17. The molecule has 3 N–H and O–H groups in total. The number of anilines is 1. The van der Waals surface area contributed by atoms with Crippen molar-refractivity contribution in [3.8, 4) is 0 Å². The second-order valence-corrected chi connectivity index (χ2v) is 3.80. The zero-order chi connectivity index (χ0) is 10.7.